The molecule has 0 spiro atoms. The van der Waals surface area contributed by atoms with Gasteiger partial charge in [0.2, 0.25) is 0 Å². The van der Waals surface area contributed by atoms with Crippen LogP contribution in [-0.2, 0) is 4.43 Å². The number of rotatable bonds is 4. The summed E-state index contributed by atoms with van der Waals surface area (Å²) in [5.41, 5.74) is 2.40. The lowest BCUT2D eigenvalue weighted by atomic mass is 9.93. The molecule has 0 aliphatic carbocycles. The molecule has 6 nitrogen and oxygen atoms in total. The van der Waals surface area contributed by atoms with Crippen molar-refractivity contribution >= 4 is 25.3 Å². The summed E-state index contributed by atoms with van der Waals surface area (Å²) < 4.78 is 63.2. The van der Waals surface area contributed by atoms with Gasteiger partial charge in [-0.2, -0.15) is 8.78 Å². The Hall–Kier alpha value is -3.22. The Morgan fingerprint density at radius 1 is 1.24 bits per heavy atom. The standard InChI is InChI=1S/C28H31F2N3O3Si/c1-28(2,3)37(5,6)35-14-8-10-17-9-7-11-19-24(17)22-16-23(32(4)26(19)34)25-31-20-13-12-18(36-27(29)30)15-21(20)33(22)25/h7,9,11-13,15,22-23,27H,14,16H2,1-6H3/t22-,23-/m1/s1/i4D3. The topological polar surface area (TPSA) is 56.6 Å². The van der Waals surface area contributed by atoms with E-state index in [0.717, 1.165) is 4.90 Å². The zero-order chi connectivity index (χ0) is 29.2. The van der Waals surface area contributed by atoms with Crippen LogP contribution in [0.5, 0.6) is 5.75 Å². The molecule has 2 bridgehead atoms. The molecule has 0 saturated heterocycles. The summed E-state index contributed by atoms with van der Waals surface area (Å²) in [6.07, 6.45) is 0.258. The van der Waals surface area contributed by atoms with Crippen LogP contribution in [0.1, 0.15) is 70.7 Å². The molecule has 9 heteroatoms. The Balaban J connectivity index is 1.65. The molecular formula is C28H31F2N3O3Si. The predicted molar refractivity (Wildman–Crippen MR) is 140 cm³/mol. The number of hydrogen-bond acceptors (Lipinski definition) is 4. The molecule has 37 heavy (non-hydrogen) atoms. The molecule has 0 saturated carbocycles. The Morgan fingerprint density at radius 3 is 2.73 bits per heavy atom. The number of fused-ring (bicyclic) bond motifs is 9. The molecular weight excluding hydrogens is 492 g/mol. The summed E-state index contributed by atoms with van der Waals surface area (Å²) in [4.78, 5) is 19.3. The van der Waals surface area contributed by atoms with Crippen molar-refractivity contribution in [2.24, 2.45) is 0 Å². The highest BCUT2D eigenvalue weighted by molar-refractivity contribution is 6.74. The van der Waals surface area contributed by atoms with Crippen LogP contribution < -0.4 is 4.74 Å². The van der Waals surface area contributed by atoms with Gasteiger partial charge in [0.1, 0.15) is 11.6 Å². The van der Waals surface area contributed by atoms with E-state index in [1.54, 1.807) is 24.3 Å². The molecule has 5 rings (SSSR count). The first-order chi connectivity index (χ1) is 18.6. The van der Waals surface area contributed by atoms with E-state index in [4.69, 9.17) is 8.54 Å². The van der Waals surface area contributed by atoms with Gasteiger partial charge >= 0.3 is 6.61 Å². The molecule has 1 aromatic heterocycles. The van der Waals surface area contributed by atoms with Crippen LogP contribution in [0, 0.1) is 11.8 Å². The number of aromatic nitrogens is 2. The Bertz CT molecular complexity index is 1550. The van der Waals surface area contributed by atoms with Crippen molar-refractivity contribution in [2.45, 2.75) is 64.0 Å². The molecule has 3 heterocycles. The molecule has 0 fully saturated rings. The van der Waals surface area contributed by atoms with Gasteiger partial charge in [0.25, 0.3) is 5.91 Å². The van der Waals surface area contributed by atoms with Gasteiger partial charge in [-0.25, -0.2) is 4.98 Å². The van der Waals surface area contributed by atoms with Gasteiger partial charge in [0, 0.05) is 40.3 Å². The molecule has 194 valence electrons. The van der Waals surface area contributed by atoms with E-state index in [1.165, 1.54) is 12.1 Å². The quantitative estimate of drug-likeness (QED) is 0.303. The van der Waals surface area contributed by atoms with Crippen LogP contribution in [0.2, 0.25) is 18.1 Å². The molecule has 2 atom stereocenters. The number of carbonyl (C=O) groups is 1. The number of halogens is 2. The van der Waals surface area contributed by atoms with Crippen LogP contribution in [0.3, 0.4) is 0 Å². The van der Waals surface area contributed by atoms with Crippen molar-refractivity contribution < 1.29 is 26.9 Å². The third kappa shape index (κ3) is 4.32. The van der Waals surface area contributed by atoms with Crippen molar-refractivity contribution in [3.05, 3.63) is 58.9 Å². The van der Waals surface area contributed by atoms with Crippen LogP contribution in [0.25, 0.3) is 11.0 Å². The van der Waals surface area contributed by atoms with E-state index in [-0.39, 0.29) is 29.4 Å². The number of carbonyl (C=O) groups excluding carboxylic acids is 1. The van der Waals surface area contributed by atoms with Crippen LogP contribution in [0.4, 0.5) is 8.78 Å². The van der Waals surface area contributed by atoms with E-state index in [0.29, 0.717) is 28.0 Å². The molecule has 0 radical (unpaired) electrons. The number of ether oxygens (including phenoxy) is 1. The van der Waals surface area contributed by atoms with E-state index < -0.39 is 39.9 Å². The SMILES string of the molecule is [2H]C([2H])([2H])N1C(=O)c2cccc(C#CCO[Si](C)(C)C(C)(C)C)c2[C@H]2C[C@@H]1c1nc3ccc(OC(F)F)cc3n12. The van der Waals surface area contributed by atoms with E-state index in [2.05, 4.69) is 55.4 Å². The summed E-state index contributed by atoms with van der Waals surface area (Å²) in [5.74, 6) is 5.99. The van der Waals surface area contributed by atoms with E-state index in [9.17, 15) is 13.6 Å². The molecule has 0 N–H and O–H groups in total. The third-order valence-corrected chi connectivity index (χ3v) is 12.2. The lowest BCUT2D eigenvalue weighted by molar-refractivity contribution is -0.0497. The maximum atomic E-state index is 13.8. The molecule has 2 aromatic carbocycles. The molecule has 2 aliphatic heterocycles. The van der Waals surface area contributed by atoms with Gasteiger partial charge in [0.05, 0.1) is 29.7 Å². The summed E-state index contributed by atoms with van der Waals surface area (Å²) >= 11 is 0. The highest BCUT2D eigenvalue weighted by Crippen LogP contribution is 2.48. The van der Waals surface area contributed by atoms with Crippen molar-refractivity contribution in [1.82, 2.24) is 14.5 Å². The van der Waals surface area contributed by atoms with Crippen molar-refractivity contribution in [3.63, 3.8) is 0 Å². The summed E-state index contributed by atoms with van der Waals surface area (Å²) in [6, 6.07) is 8.17. The number of amides is 1. The van der Waals surface area contributed by atoms with Crippen LogP contribution in [-0.4, -0.2) is 48.9 Å². The number of benzene rings is 2. The minimum absolute atomic E-state index is 0.0221. The number of alkyl halides is 2. The van der Waals surface area contributed by atoms with Crippen molar-refractivity contribution in [3.8, 4) is 17.6 Å². The number of nitrogens with zero attached hydrogens (tertiary/aromatic N) is 3. The van der Waals surface area contributed by atoms with Crippen LogP contribution >= 0.6 is 0 Å². The highest BCUT2D eigenvalue weighted by Gasteiger charge is 2.44. The summed E-state index contributed by atoms with van der Waals surface area (Å²) in [7, 11) is -2.02. The highest BCUT2D eigenvalue weighted by atomic mass is 28.4. The predicted octanol–water partition coefficient (Wildman–Crippen LogP) is 6.13. The average Bonchev–Trinajstić information content (AvgIpc) is 3.33. The maximum absolute atomic E-state index is 13.8. The summed E-state index contributed by atoms with van der Waals surface area (Å²) in [5, 5.41) is 0.0221. The Kier molecular flexibility index (Phi) is 5.28. The van der Waals surface area contributed by atoms with Gasteiger partial charge in [-0.15, -0.1) is 0 Å². The second-order valence-electron chi connectivity index (χ2n) is 10.9. The largest absolute Gasteiger partial charge is 0.435 e. The summed E-state index contributed by atoms with van der Waals surface area (Å²) in [6.45, 7) is 5.21. The lowest BCUT2D eigenvalue weighted by Gasteiger charge is -2.35. The first kappa shape index (κ1) is 21.8. The first-order valence-electron chi connectivity index (χ1n) is 13.7. The third-order valence-electron chi connectivity index (χ3n) is 7.70. The smallest absolute Gasteiger partial charge is 0.387 e. The van der Waals surface area contributed by atoms with Gasteiger partial charge in [0.15, 0.2) is 8.32 Å². The Labute approximate surface area is 220 Å². The van der Waals surface area contributed by atoms with Gasteiger partial charge in [-0.3, -0.25) is 4.79 Å². The maximum Gasteiger partial charge on any atom is 0.387 e. The van der Waals surface area contributed by atoms with E-state index in [1.807, 2.05) is 4.57 Å². The molecule has 0 unspecified atom stereocenters. The van der Waals surface area contributed by atoms with Crippen molar-refractivity contribution in [1.29, 1.82) is 0 Å². The first-order valence-corrected chi connectivity index (χ1v) is 15.1. The zero-order valence-electron chi connectivity index (χ0n) is 24.4. The average molecular weight is 527 g/mol. The Morgan fingerprint density at radius 2 is 2.03 bits per heavy atom. The minimum atomic E-state index is -3.00. The molecule has 3 aromatic rings. The van der Waals surface area contributed by atoms with Crippen LogP contribution in [0.15, 0.2) is 36.4 Å². The fourth-order valence-corrected chi connectivity index (χ4v) is 5.64. The van der Waals surface area contributed by atoms with Gasteiger partial charge in [-0.1, -0.05) is 38.7 Å². The fourth-order valence-electron chi connectivity index (χ4n) is 4.78. The second kappa shape index (κ2) is 8.96. The van der Waals surface area contributed by atoms with E-state index >= 15 is 0 Å². The fraction of sp³-hybridized carbons (Fsp3) is 0.429. The second-order valence-corrected chi connectivity index (χ2v) is 15.7. The number of imidazole rings is 1. The van der Waals surface area contributed by atoms with Crippen molar-refractivity contribution in [2.75, 3.05) is 13.6 Å². The molecule has 2 aliphatic rings. The minimum Gasteiger partial charge on any atom is -0.435 e. The lowest BCUT2D eigenvalue weighted by Crippen LogP contribution is -2.40. The normalized spacial score (nSPS) is 20.5. The van der Waals surface area contributed by atoms with Gasteiger partial charge < -0.3 is 18.6 Å². The zero-order valence-corrected chi connectivity index (χ0v) is 22.4. The van der Waals surface area contributed by atoms with Gasteiger partial charge in [-0.05, 0) is 42.4 Å². The monoisotopic (exact) mass is 526 g/mol. The number of hydrogen-bond donors (Lipinski definition) is 0. The molecule has 1 amide bonds.